The highest BCUT2D eigenvalue weighted by Crippen LogP contribution is 2.21. The Morgan fingerprint density at radius 1 is 1.50 bits per heavy atom. The van der Waals surface area contributed by atoms with Crippen LogP contribution in [-0.2, 0) is 5.11 Å². The lowest BCUT2D eigenvalue weighted by Gasteiger charge is -1.95. The van der Waals surface area contributed by atoms with Gasteiger partial charge in [-0.3, -0.25) is 5.11 Å². The molecule has 1 aromatic rings. The Balaban J connectivity index is 2.75. The summed E-state index contributed by atoms with van der Waals surface area (Å²) >= 11 is 1.69. The molecule has 1 rings (SSSR count). The lowest BCUT2D eigenvalue weighted by atomic mass is 10.3. The molecule has 0 fully saturated rings. The van der Waals surface area contributed by atoms with Crippen LogP contribution in [0.4, 0.5) is 0 Å². The molecule has 1 nitrogen and oxygen atoms in total. The minimum atomic E-state index is 0.0958. The fourth-order valence-corrected chi connectivity index (χ4v) is 1.44. The predicted octanol–water partition coefficient (Wildman–Crippen LogP) is 2.94. The highest BCUT2D eigenvalue weighted by Gasteiger charge is 1.92. The van der Waals surface area contributed by atoms with Gasteiger partial charge >= 0.3 is 0 Å². The van der Waals surface area contributed by atoms with Crippen LogP contribution in [0.1, 0.15) is 6.92 Å². The Morgan fingerprint density at radius 3 is 2.90 bits per heavy atom. The number of hydrogen-bond acceptors (Lipinski definition) is 1. The first-order chi connectivity index (χ1) is 4.83. The summed E-state index contributed by atoms with van der Waals surface area (Å²) in [6.45, 7) is 2.07. The maximum absolute atomic E-state index is 10.8. The normalized spacial score (nSPS) is 9.70. The minimum Gasteiger partial charge on any atom is -0.290 e. The molecule has 0 unspecified atom stereocenters. The lowest BCUT2D eigenvalue weighted by molar-refractivity contribution is 0.354. The van der Waals surface area contributed by atoms with Crippen molar-refractivity contribution < 1.29 is 5.11 Å². The van der Waals surface area contributed by atoms with Crippen molar-refractivity contribution in [2.24, 2.45) is 0 Å². The lowest BCUT2D eigenvalue weighted by Crippen LogP contribution is -1.70. The van der Waals surface area contributed by atoms with Gasteiger partial charge in [-0.1, -0.05) is 13.0 Å². The molecule has 10 heavy (non-hydrogen) atoms. The van der Waals surface area contributed by atoms with Gasteiger partial charge in [0.1, 0.15) is 0 Å². The van der Waals surface area contributed by atoms with Crippen LogP contribution >= 0.6 is 11.8 Å². The van der Waals surface area contributed by atoms with E-state index in [0.29, 0.717) is 0 Å². The number of hydrogen-bond donors (Lipinski definition) is 0. The third-order valence-electron chi connectivity index (χ3n) is 1.12. The highest BCUT2D eigenvalue weighted by molar-refractivity contribution is 7.99. The van der Waals surface area contributed by atoms with Gasteiger partial charge in [-0.15, -0.1) is 11.8 Å². The van der Waals surface area contributed by atoms with Crippen molar-refractivity contribution in [3.05, 3.63) is 24.3 Å². The Labute approximate surface area is 65.1 Å². The first kappa shape index (κ1) is 7.48. The number of rotatable bonds is 2. The highest BCUT2D eigenvalue weighted by atomic mass is 32.2. The van der Waals surface area contributed by atoms with E-state index in [4.69, 9.17) is 0 Å². The average Bonchev–Trinajstić information content (AvgIpc) is 1.88. The monoisotopic (exact) mass is 153 g/mol. The van der Waals surface area contributed by atoms with Gasteiger partial charge in [0.25, 0.3) is 0 Å². The summed E-state index contributed by atoms with van der Waals surface area (Å²) in [7, 11) is 0. The third kappa shape index (κ3) is 1.95. The van der Waals surface area contributed by atoms with Gasteiger partial charge in [0, 0.05) is 4.90 Å². The fourth-order valence-electron chi connectivity index (χ4n) is 0.731. The van der Waals surface area contributed by atoms with Crippen LogP contribution in [-0.4, -0.2) is 5.75 Å². The summed E-state index contributed by atoms with van der Waals surface area (Å²) < 4.78 is 0. The maximum Gasteiger partial charge on any atom is 0.179 e. The summed E-state index contributed by atoms with van der Waals surface area (Å²) in [5.41, 5.74) is 0. The zero-order valence-corrected chi connectivity index (χ0v) is 6.65. The van der Waals surface area contributed by atoms with E-state index in [9.17, 15) is 5.11 Å². The second-order valence-electron chi connectivity index (χ2n) is 1.91. The summed E-state index contributed by atoms with van der Waals surface area (Å²) in [5, 5.41) is 10.8. The topological polar surface area (TPSA) is 19.9 Å². The predicted molar refractivity (Wildman–Crippen MR) is 43.0 cm³/mol. The Hall–Kier alpha value is -0.630. The zero-order chi connectivity index (χ0) is 7.40. The van der Waals surface area contributed by atoms with Gasteiger partial charge < -0.3 is 0 Å². The molecule has 1 aromatic carbocycles. The van der Waals surface area contributed by atoms with Gasteiger partial charge in [-0.05, 0) is 24.0 Å². The van der Waals surface area contributed by atoms with Crippen LogP contribution in [0.25, 0.3) is 0 Å². The molecule has 0 aliphatic carbocycles. The molecule has 1 radical (unpaired) electrons. The molecule has 0 bridgehead atoms. The molecule has 0 amide bonds. The van der Waals surface area contributed by atoms with E-state index in [-0.39, 0.29) is 5.75 Å². The van der Waals surface area contributed by atoms with Gasteiger partial charge in [-0.2, -0.15) is 0 Å². The molecule has 0 atom stereocenters. The SMILES string of the molecule is CCSc1cccc([O])c1. The van der Waals surface area contributed by atoms with Crippen molar-refractivity contribution in [1.29, 1.82) is 0 Å². The summed E-state index contributed by atoms with van der Waals surface area (Å²) in [6.07, 6.45) is 0. The van der Waals surface area contributed by atoms with Crippen molar-refractivity contribution in [2.45, 2.75) is 11.8 Å². The summed E-state index contributed by atoms with van der Waals surface area (Å²) in [6, 6.07) is 6.98. The Morgan fingerprint density at radius 2 is 2.30 bits per heavy atom. The van der Waals surface area contributed by atoms with E-state index in [0.717, 1.165) is 10.6 Å². The van der Waals surface area contributed by atoms with E-state index in [1.807, 2.05) is 6.07 Å². The summed E-state index contributed by atoms with van der Waals surface area (Å²) in [4.78, 5) is 1.06. The molecule has 0 aliphatic rings. The molecule has 0 aliphatic heterocycles. The van der Waals surface area contributed by atoms with Crippen molar-refractivity contribution >= 4 is 11.8 Å². The van der Waals surface area contributed by atoms with Crippen LogP contribution in [0.3, 0.4) is 0 Å². The second-order valence-corrected chi connectivity index (χ2v) is 3.25. The van der Waals surface area contributed by atoms with Gasteiger partial charge in [0.05, 0.1) is 0 Å². The van der Waals surface area contributed by atoms with E-state index in [1.54, 1.807) is 30.0 Å². The second kappa shape index (κ2) is 3.52. The van der Waals surface area contributed by atoms with Crippen LogP contribution in [0.15, 0.2) is 29.2 Å². The van der Waals surface area contributed by atoms with Crippen LogP contribution in [0.2, 0.25) is 0 Å². The fraction of sp³-hybridized carbons (Fsp3) is 0.250. The first-order valence-electron chi connectivity index (χ1n) is 3.23. The molecule has 0 aromatic heterocycles. The molecule has 2 heteroatoms. The summed E-state index contributed by atoms with van der Waals surface area (Å²) in [5.74, 6) is 1.11. The van der Waals surface area contributed by atoms with Gasteiger partial charge in [-0.25, -0.2) is 0 Å². The Bertz CT molecular complexity index is 210. The van der Waals surface area contributed by atoms with Gasteiger partial charge in [0.15, 0.2) is 5.75 Å². The van der Waals surface area contributed by atoms with Crippen molar-refractivity contribution in [3.63, 3.8) is 0 Å². The molecule has 0 saturated carbocycles. The van der Waals surface area contributed by atoms with E-state index in [2.05, 4.69) is 6.92 Å². The zero-order valence-electron chi connectivity index (χ0n) is 5.83. The van der Waals surface area contributed by atoms with Crippen molar-refractivity contribution in [3.8, 4) is 5.75 Å². The van der Waals surface area contributed by atoms with Crippen LogP contribution in [0.5, 0.6) is 5.75 Å². The van der Waals surface area contributed by atoms with Gasteiger partial charge in [0.2, 0.25) is 0 Å². The third-order valence-corrected chi connectivity index (χ3v) is 1.99. The number of benzene rings is 1. The first-order valence-corrected chi connectivity index (χ1v) is 4.21. The quantitative estimate of drug-likeness (QED) is 0.598. The minimum absolute atomic E-state index is 0.0958. The molecule has 0 N–H and O–H groups in total. The maximum atomic E-state index is 10.8. The van der Waals surface area contributed by atoms with Crippen molar-refractivity contribution in [2.75, 3.05) is 5.75 Å². The van der Waals surface area contributed by atoms with Crippen LogP contribution in [0, 0.1) is 0 Å². The molecular weight excluding hydrogens is 144 g/mol. The molecular formula is C8H9OS. The number of thioether (sulfide) groups is 1. The molecule has 0 saturated heterocycles. The molecule has 53 valence electrons. The van der Waals surface area contributed by atoms with Crippen molar-refractivity contribution in [1.82, 2.24) is 0 Å². The average molecular weight is 153 g/mol. The largest absolute Gasteiger partial charge is 0.290 e. The van der Waals surface area contributed by atoms with Crippen LogP contribution < -0.4 is 0 Å². The Kier molecular flexibility index (Phi) is 2.63. The standard InChI is InChI=1S/C8H9OS/c1-2-10-8-5-3-4-7(9)6-8/h3-6H,2H2,1H3. The smallest absolute Gasteiger partial charge is 0.179 e. The molecule has 0 spiro atoms. The van der Waals surface area contributed by atoms with E-state index in [1.165, 1.54) is 0 Å². The molecule has 0 heterocycles. The van der Waals surface area contributed by atoms with E-state index < -0.39 is 0 Å². The van der Waals surface area contributed by atoms with E-state index >= 15 is 0 Å².